The third kappa shape index (κ3) is 3.91. The van der Waals surface area contributed by atoms with Gasteiger partial charge in [0, 0.05) is 23.4 Å². The van der Waals surface area contributed by atoms with E-state index in [2.05, 4.69) is 19.2 Å². The molecule has 31 heavy (non-hydrogen) atoms. The number of amides is 2. The van der Waals surface area contributed by atoms with E-state index in [1.54, 1.807) is 18.1 Å². The first-order valence-corrected chi connectivity index (χ1v) is 10.4. The number of ether oxygens (including phenoxy) is 1. The molecule has 4 rings (SSSR count). The maximum atomic E-state index is 13.3. The molecule has 0 aliphatic carbocycles. The van der Waals surface area contributed by atoms with Crippen molar-refractivity contribution in [1.82, 2.24) is 5.32 Å². The minimum absolute atomic E-state index is 0.162. The number of nitrogens with zero attached hydrogens (tertiary/aromatic N) is 1. The van der Waals surface area contributed by atoms with Crippen molar-refractivity contribution in [2.45, 2.75) is 32.4 Å². The van der Waals surface area contributed by atoms with Crippen molar-refractivity contribution >= 4 is 17.5 Å². The molecule has 1 N–H and O–H groups in total. The number of rotatable bonds is 6. The highest BCUT2D eigenvalue weighted by Crippen LogP contribution is 2.38. The molecule has 1 aliphatic rings. The maximum absolute atomic E-state index is 13.3. The van der Waals surface area contributed by atoms with Crippen LogP contribution in [0.5, 0.6) is 5.75 Å². The molecule has 0 fully saturated rings. The molecular formula is C26H26N2O3. The molecule has 3 aromatic carbocycles. The summed E-state index contributed by atoms with van der Waals surface area (Å²) in [6.07, 6.45) is 0. The number of hydrogen-bond donors (Lipinski definition) is 1. The summed E-state index contributed by atoms with van der Waals surface area (Å²) in [5.41, 5.74) is 4.06. The molecule has 0 spiro atoms. The van der Waals surface area contributed by atoms with E-state index in [0.29, 0.717) is 29.5 Å². The van der Waals surface area contributed by atoms with Gasteiger partial charge in [0.1, 0.15) is 11.8 Å². The Bertz CT molecular complexity index is 1110. The fourth-order valence-electron chi connectivity index (χ4n) is 3.99. The first kappa shape index (κ1) is 20.7. The number of benzene rings is 3. The molecule has 0 radical (unpaired) electrons. The number of carbonyl (C=O) groups is 2. The fraction of sp³-hybridized carbons (Fsp3) is 0.231. The minimum atomic E-state index is -0.719. The summed E-state index contributed by atoms with van der Waals surface area (Å²) < 4.78 is 5.38. The van der Waals surface area contributed by atoms with Gasteiger partial charge < -0.3 is 10.1 Å². The summed E-state index contributed by atoms with van der Waals surface area (Å²) in [6, 6.07) is 22.0. The summed E-state index contributed by atoms with van der Waals surface area (Å²) in [5, 5.41) is 2.99. The van der Waals surface area contributed by atoms with Crippen LogP contribution in [0.2, 0.25) is 0 Å². The Morgan fingerprint density at radius 3 is 2.39 bits per heavy atom. The topological polar surface area (TPSA) is 58.6 Å². The van der Waals surface area contributed by atoms with Gasteiger partial charge in [-0.3, -0.25) is 14.5 Å². The number of methoxy groups -OCH3 is 1. The number of para-hydroxylation sites is 1. The van der Waals surface area contributed by atoms with Gasteiger partial charge in [0.2, 0.25) is 5.91 Å². The van der Waals surface area contributed by atoms with E-state index in [1.807, 2.05) is 66.7 Å². The summed E-state index contributed by atoms with van der Waals surface area (Å²) in [7, 11) is 1.61. The first-order chi connectivity index (χ1) is 15.0. The summed E-state index contributed by atoms with van der Waals surface area (Å²) >= 11 is 0. The average Bonchev–Trinajstić information content (AvgIpc) is 3.10. The lowest BCUT2D eigenvalue weighted by Crippen LogP contribution is -2.39. The summed E-state index contributed by atoms with van der Waals surface area (Å²) in [6.45, 7) is 4.57. The van der Waals surface area contributed by atoms with Crippen LogP contribution in [0.3, 0.4) is 0 Å². The van der Waals surface area contributed by atoms with Crippen molar-refractivity contribution in [2.24, 2.45) is 0 Å². The van der Waals surface area contributed by atoms with Crippen LogP contribution in [0.15, 0.2) is 72.8 Å². The maximum Gasteiger partial charge on any atom is 0.259 e. The highest BCUT2D eigenvalue weighted by Gasteiger charge is 2.41. The molecule has 0 bridgehead atoms. The smallest absolute Gasteiger partial charge is 0.259 e. The molecule has 3 aromatic rings. The molecule has 0 saturated carbocycles. The Kier molecular flexibility index (Phi) is 5.76. The average molecular weight is 415 g/mol. The van der Waals surface area contributed by atoms with Gasteiger partial charge in [-0.25, -0.2) is 0 Å². The lowest BCUT2D eigenvalue weighted by atomic mass is 10.0. The van der Waals surface area contributed by atoms with Crippen LogP contribution >= 0.6 is 0 Å². The predicted molar refractivity (Wildman–Crippen MR) is 121 cm³/mol. The molecule has 5 heteroatoms. The van der Waals surface area contributed by atoms with E-state index in [-0.39, 0.29) is 11.8 Å². The molecular weight excluding hydrogens is 388 g/mol. The summed E-state index contributed by atoms with van der Waals surface area (Å²) in [4.78, 5) is 28.2. The van der Waals surface area contributed by atoms with Gasteiger partial charge in [-0.15, -0.1) is 0 Å². The van der Waals surface area contributed by atoms with E-state index in [4.69, 9.17) is 4.74 Å². The van der Waals surface area contributed by atoms with Gasteiger partial charge in [-0.05, 0) is 41.3 Å². The highest BCUT2D eigenvalue weighted by atomic mass is 16.5. The van der Waals surface area contributed by atoms with Crippen molar-refractivity contribution in [3.05, 3.63) is 95.1 Å². The van der Waals surface area contributed by atoms with E-state index < -0.39 is 6.04 Å². The number of anilines is 1. The van der Waals surface area contributed by atoms with Crippen molar-refractivity contribution in [2.75, 3.05) is 12.0 Å². The Labute approximate surface area is 182 Å². The molecule has 0 aromatic heterocycles. The molecule has 0 saturated heterocycles. The van der Waals surface area contributed by atoms with E-state index in [1.165, 1.54) is 5.56 Å². The third-order valence-electron chi connectivity index (χ3n) is 5.69. The fourth-order valence-corrected chi connectivity index (χ4v) is 3.99. The van der Waals surface area contributed by atoms with Crippen LogP contribution < -0.4 is 15.0 Å². The van der Waals surface area contributed by atoms with Gasteiger partial charge in [-0.1, -0.05) is 62.4 Å². The van der Waals surface area contributed by atoms with Crippen molar-refractivity contribution in [1.29, 1.82) is 0 Å². The van der Waals surface area contributed by atoms with Gasteiger partial charge in [0.25, 0.3) is 5.91 Å². The zero-order valence-electron chi connectivity index (χ0n) is 18.0. The monoisotopic (exact) mass is 414 g/mol. The van der Waals surface area contributed by atoms with Crippen LogP contribution in [0.25, 0.3) is 0 Å². The van der Waals surface area contributed by atoms with Crippen LogP contribution in [0.4, 0.5) is 5.69 Å². The second-order valence-electron chi connectivity index (χ2n) is 7.94. The lowest BCUT2D eigenvalue weighted by molar-refractivity contribution is -0.122. The van der Waals surface area contributed by atoms with Gasteiger partial charge in [-0.2, -0.15) is 0 Å². The molecule has 1 atom stereocenters. The third-order valence-corrected chi connectivity index (χ3v) is 5.69. The standard InChI is InChI=1S/C26H26N2O3/c1-17(2)18-12-14-20(15-13-18)28-24(21-9-5-6-10-22(21)26(28)30)25(29)27-16-19-8-4-7-11-23(19)31-3/h4-15,17,24H,16H2,1-3H3,(H,27,29). The number of hydrogen-bond acceptors (Lipinski definition) is 3. The predicted octanol–water partition coefficient (Wildman–Crippen LogP) is 4.84. The number of carbonyl (C=O) groups excluding carboxylic acids is 2. The van der Waals surface area contributed by atoms with Crippen LogP contribution in [0, 0.1) is 0 Å². The minimum Gasteiger partial charge on any atom is -0.496 e. The largest absolute Gasteiger partial charge is 0.496 e. The zero-order chi connectivity index (χ0) is 22.0. The molecule has 158 valence electrons. The lowest BCUT2D eigenvalue weighted by Gasteiger charge is -2.25. The Morgan fingerprint density at radius 2 is 1.68 bits per heavy atom. The highest BCUT2D eigenvalue weighted by molar-refractivity contribution is 6.15. The zero-order valence-corrected chi connectivity index (χ0v) is 18.0. The van der Waals surface area contributed by atoms with E-state index >= 15 is 0 Å². The molecule has 1 heterocycles. The van der Waals surface area contributed by atoms with Gasteiger partial charge >= 0.3 is 0 Å². The molecule has 5 nitrogen and oxygen atoms in total. The van der Waals surface area contributed by atoms with Crippen LogP contribution in [0.1, 0.15) is 52.9 Å². The number of fused-ring (bicyclic) bond motifs is 1. The van der Waals surface area contributed by atoms with Crippen LogP contribution in [-0.2, 0) is 11.3 Å². The Morgan fingerprint density at radius 1 is 1.00 bits per heavy atom. The Balaban J connectivity index is 1.65. The molecule has 1 aliphatic heterocycles. The molecule has 1 unspecified atom stereocenters. The van der Waals surface area contributed by atoms with Gasteiger partial charge in [0.15, 0.2) is 0 Å². The van der Waals surface area contributed by atoms with Crippen molar-refractivity contribution in [3.63, 3.8) is 0 Å². The second-order valence-corrected chi connectivity index (χ2v) is 7.94. The van der Waals surface area contributed by atoms with Gasteiger partial charge in [0.05, 0.1) is 7.11 Å². The Hall–Kier alpha value is -3.60. The normalized spacial score (nSPS) is 15.2. The van der Waals surface area contributed by atoms with E-state index in [9.17, 15) is 9.59 Å². The van der Waals surface area contributed by atoms with Crippen molar-refractivity contribution < 1.29 is 14.3 Å². The summed E-state index contributed by atoms with van der Waals surface area (Å²) in [5.74, 6) is 0.717. The molecule has 2 amide bonds. The van der Waals surface area contributed by atoms with Crippen LogP contribution in [-0.4, -0.2) is 18.9 Å². The number of nitrogens with one attached hydrogen (secondary N) is 1. The SMILES string of the molecule is COc1ccccc1CNC(=O)C1c2ccccc2C(=O)N1c1ccc(C(C)C)cc1. The first-order valence-electron chi connectivity index (χ1n) is 10.4. The quantitative estimate of drug-likeness (QED) is 0.628. The van der Waals surface area contributed by atoms with E-state index in [0.717, 1.165) is 11.1 Å². The second kappa shape index (κ2) is 8.64. The van der Waals surface area contributed by atoms with Crippen molar-refractivity contribution in [3.8, 4) is 5.75 Å².